The molecule has 0 fully saturated rings. The van der Waals surface area contributed by atoms with Crippen LogP contribution in [-0.4, -0.2) is 14.8 Å². The quantitative estimate of drug-likeness (QED) is 0.847. The summed E-state index contributed by atoms with van der Waals surface area (Å²) >= 11 is 4.75. The Balaban J connectivity index is 2.09. The van der Waals surface area contributed by atoms with Crippen LogP contribution in [0.3, 0.4) is 0 Å². The predicted octanol–water partition coefficient (Wildman–Crippen LogP) is 2.95. The van der Waals surface area contributed by atoms with Gasteiger partial charge in [-0.3, -0.25) is 0 Å². The molecule has 0 unspecified atom stereocenters. The molecule has 0 saturated heterocycles. The van der Waals surface area contributed by atoms with Gasteiger partial charge in [-0.15, -0.1) is 10.2 Å². The van der Waals surface area contributed by atoms with Crippen molar-refractivity contribution in [2.24, 2.45) is 5.73 Å². The largest absolute Gasteiger partial charge is 0.324 e. The van der Waals surface area contributed by atoms with Crippen LogP contribution in [0.5, 0.6) is 0 Å². The van der Waals surface area contributed by atoms with Gasteiger partial charge in [-0.25, -0.2) is 4.39 Å². The molecule has 4 nitrogen and oxygen atoms in total. The first-order valence-electron chi connectivity index (χ1n) is 5.84. The standard InChI is InChI=1S/C12H14BrFN4S/c1-2-18-11(6-15)16-17-12(18)19-7-8-3-4-10(14)9(13)5-8/h3-5H,2,6-7,15H2,1H3. The van der Waals surface area contributed by atoms with Gasteiger partial charge in [0, 0.05) is 12.3 Å². The number of aromatic nitrogens is 3. The highest BCUT2D eigenvalue weighted by molar-refractivity contribution is 9.10. The van der Waals surface area contributed by atoms with Crippen molar-refractivity contribution in [3.8, 4) is 0 Å². The van der Waals surface area contributed by atoms with Gasteiger partial charge < -0.3 is 10.3 Å². The summed E-state index contributed by atoms with van der Waals surface area (Å²) in [6.07, 6.45) is 0. The van der Waals surface area contributed by atoms with Gasteiger partial charge in [0.2, 0.25) is 0 Å². The molecule has 2 N–H and O–H groups in total. The maximum Gasteiger partial charge on any atom is 0.191 e. The van der Waals surface area contributed by atoms with Gasteiger partial charge in [0.15, 0.2) is 5.16 Å². The van der Waals surface area contributed by atoms with Crippen LogP contribution in [0.15, 0.2) is 27.8 Å². The summed E-state index contributed by atoms with van der Waals surface area (Å²) < 4.78 is 15.6. The molecule has 1 aromatic carbocycles. The van der Waals surface area contributed by atoms with E-state index in [4.69, 9.17) is 5.73 Å². The summed E-state index contributed by atoms with van der Waals surface area (Å²) in [7, 11) is 0. The SMILES string of the molecule is CCn1c(CN)nnc1SCc1ccc(F)c(Br)c1. The molecule has 1 aromatic heterocycles. The maximum atomic E-state index is 13.1. The van der Waals surface area contributed by atoms with E-state index in [-0.39, 0.29) is 5.82 Å². The summed E-state index contributed by atoms with van der Waals surface area (Å²) in [5.74, 6) is 1.24. The first-order chi connectivity index (χ1) is 9.15. The molecule has 2 aromatic rings. The number of nitrogens with zero attached hydrogens (tertiary/aromatic N) is 3. The molecular weight excluding hydrogens is 331 g/mol. The first kappa shape index (κ1) is 14.5. The lowest BCUT2D eigenvalue weighted by Gasteiger charge is -2.06. The van der Waals surface area contributed by atoms with Gasteiger partial charge in [-0.05, 0) is 40.5 Å². The number of hydrogen-bond donors (Lipinski definition) is 1. The lowest BCUT2D eigenvalue weighted by atomic mass is 10.2. The summed E-state index contributed by atoms with van der Waals surface area (Å²) in [5, 5.41) is 9.01. The highest BCUT2D eigenvalue weighted by Crippen LogP contribution is 2.24. The molecule has 0 amide bonds. The van der Waals surface area contributed by atoms with E-state index in [0.29, 0.717) is 16.8 Å². The number of halogens is 2. The Morgan fingerprint density at radius 1 is 1.42 bits per heavy atom. The normalized spacial score (nSPS) is 10.9. The van der Waals surface area contributed by atoms with Crippen LogP contribution >= 0.6 is 27.7 Å². The Hall–Kier alpha value is -0.920. The summed E-state index contributed by atoms with van der Waals surface area (Å²) in [4.78, 5) is 0. The minimum absolute atomic E-state index is 0.254. The second-order valence-corrected chi connectivity index (χ2v) is 5.68. The molecule has 102 valence electrons. The lowest BCUT2D eigenvalue weighted by molar-refractivity contribution is 0.620. The minimum Gasteiger partial charge on any atom is -0.324 e. The third kappa shape index (κ3) is 3.34. The fourth-order valence-corrected chi connectivity index (χ4v) is 3.06. The Morgan fingerprint density at radius 3 is 2.84 bits per heavy atom. The van der Waals surface area contributed by atoms with Crippen molar-refractivity contribution >= 4 is 27.7 Å². The summed E-state index contributed by atoms with van der Waals surface area (Å²) in [5.41, 5.74) is 6.63. The van der Waals surface area contributed by atoms with E-state index in [9.17, 15) is 4.39 Å². The average Bonchev–Trinajstić information content (AvgIpc) is 2.82. The van der Waals surface area contributed by atoms with Crippen molar-refractivity contribution in [3.63, 3.8) is 0 Å². The van der Waals surface area contributed by atoms with E-state index < -0.39 is 0 Å². The molecule has 0 atom stereocenters. The zero-order valence-electron chi connectivity index (χ0n) is 10.4. The van der Waals surface area contributed by atoms with Crippen LogP contribution in [0.2, 0.25) is 0 Å². The topological polar surface area (TPSA) is 56.7 Å². The van der Waals surface area contributed by atoms with E-state index in [1.807, 2.05) is 11.5 Å². The van der Waals surface area contributed by atoms with Crippen LogP contribution in [-0.2, 0) is 18.8 Å². The van der Waals surface area contributed by atoms with E-state index in [1.165, 1.54) is 6.07 Å². The smallest absolute Gasteiger partial charge is 0.191 e. The second kappa shape index (κ2) is 6.49. The fraction of sp³-hybridized carbons (Fsp3) is 0.333. The van der Waals surface area contributed by atoms with Gasteiger partial charge in [0.1, 0.15) is 11.6 Å². The Bertz CT molecular complexity index is 573. The van der Waals surface area contributed by atoms with Crippen molar-refractivity contribution in [2.45, 2.75) is 30.9 Å². The van der Waals surface area contributed by atoms with E-state index >= 15 is 0 Å². The molecule has 2 rings (SSSR count). The number of nitrogens with two attached hydrogens (primary N) is 1. The summed E-state index contributed by atoms with van der Waals surface area (Å²) in [6.45, 7) is 3.19. The zero-order valence-corrected chi connectivity index (χ0v) is 12.8. The highest BCUT2D eigenvalue weighted by Gasteiger charge is 2.10. The van der Waals surface area contributed by atoms with Crippen molar-refractivity contribution in [2.75, 3.05) is 0 Å². The van der Waals surface area contributed by atoms with E-state index in [2.05, 4.69) is 26.1 Å². The molecule has 1 heterocycles. The van der Waals surface area contributed by atoms with Gasteiger partial charge in [0.25, 0.3) is 0 Å². The van der Waals surface area contributed by atoms with Crippen molar-refractivity contribution in [3.05, 3.63) is 39.9 Å². The molecule has 7 heteroatoms. The molecule has 0 aliphatic rings. The number of thioether (sulfide) groups is 1. The minimum atomic E-state index is -0.254. The number of benzene rings is 1. The van der Waals surface area contributed by atoms with Crippen molar-refractivity contribution < 1.29 is 4.39 Å². The predicted molar refractivity (Wildman–Crippen MR) is 77.2 cm³/mol. The third-order valence-corrected chi connectivity index (χ3v) is 4.29. The molecule has 0 bridgehead atoms. The lowest BCUT2D eigenvalue weighted by Crippen LogP contribution is -2.08. The van der Waals surface area contributed by atoms with Crippen LogP contribution in [0.25, 0.3) is 0 Å². The van der Waals surface area contributed by atoms with Crippen LogP contribution in [0.1, 0.15) is 18.3 Å². The molecule has 0 saturated carbocycles. The Kier molecular flexibility index (Phi) is 4.95. The van der Waals surface area contributed by atoms with E-state index in [1.54, 1.807) is 23.9 Å². The van der Waals surface area contributed by atoms with Crippen molar-refractivity contribution in [1.29, 1.82) is 0 Å². The average molecular weight is 345 g/mol. The zero-order chi connectivity index (χ0) is 13.8. The van der Waals surface area contributed by atoms with Gasteiger partial charge in [0.05, 0.1) is 11.0 Å². The molecule has 0 aliphatic heterocycles. The summed E-state index contributed by atoms with van der Waals surface area (Å²) in [6, 6.07) is 5.00. The molecule has 0 aliphatic carbocycles. The van der Waals surface area contributed by atoms with Gasteiger partial charge in [-0.1, -0.05) is 17.8 Å². The van der Waals surface area contributed by atoms with Gasteiger partial charge in [-0.2, -0.15) is 0 Å². The molecular formula is C12H14BrFN4S. The van der Waals surface area contributed by atoms with Crippen molar-refractivity contribution in [1.82, 2.24) is 14.8 Å². The van der Waals surface area contributed by atoms with Crippen LogP contribution in [0.4, 0.5) is 4.39 Å². The second-order valence-electron chi connectivity index (χ2n) is 3.88. The van der Waals surface area contributed by atoms with Crippen LogP contribution < -0.4 is 5.73 Å². The third-order valence-electron chi connectivity index (χ3n) is 2.64. The first-order valence-corrected chi connectivity index (χ1v) is 7.62. The van der Waals surface area contributed by atoms with E-state index in [0.717, 1.165) is 23.1 Å². The molecule has 0 spiro atoms. The fourth-order valence-electron chi connectivity index (χ4n) is 1.67. The molecule has 19 heavy (non-hydrogen) atoms. The van der Waals surface area contributed by atoms with Crippen LogP contribution in [0, 0.1) is 5.82 Å². The monoisotopic (exact) mass is 344 g/mol. The van der Waals surface area contributed by atoms with Gasteiger partial charge >= 0.3 is 0 Å². The number of hydrogen-bond acceptors (Lipinski definition) is 4. The Labute approximate surface area is 123 Å². The molecule has 0 radical (unpaired) electrons. The number of rotatable bonds is 5. The highest BCUT2D eigenvalue weighted by atomic mass is 79.9. The Morgan fingerprint density at radius 2 is 2.21 bits per heavy atom. The maximum absolute atomic E-state index is 13.1.